The molecule has 0 amide bonds. The number of fused-ring (bicyclic) bond motifs is 1. The molecular formula is C16H19NO4. The highest BCUT2D eigenvalue weighted by atomic mass is 16.5. The van der Waals surface area contributed by atoms with E-state index in [2.05, 4.69) is 5.32 Å². The first kappa shape index (κ1) is 15.1. The fraction of sp³-hybridized carbons (Fsp3) is 0.375. The van der Waals surface area contributed by atoms with Gasteiger partial charge in [-0.1, -0.05) is 11.6 Å². The number of esters is 2. The second-order valence-corrected chi connectivity index (χ2v) is 5.37. The van der Waals surface area contributed by atoms with Crippen LogP contribution in [0.2, 0.25) is 0 Å². The molecule has 21 heavy (non-hydrogen) atoms. The second-order valence-electron chi connectivity index (χ2n) is 5.37. The van der Waals surface area contributed by atoms with Crippen molar-refractivity contribution in [2.45, 2.75) is 26.3 Å². The molecule has 0 saturated heterocycles. The van der Waals surface area contributed by atoms with Crippen LogP contribution in [0.25, 0.3) is 5.57 Å². The number of benzene rings is 1. The normalized spacial score (nSPS) is 20.0. The Labute approximate surface area is 123 Å². The van der Waals surface area contributed by atoms with E-state index in [1.54, 1.807) is 13.0 Å². The Balaban J connectivity index is 2.69. The minimum Gasteiger partial charge on any atom is -0.467 e. The Kier molecular flexibility index (Phi) is 3.77. The van der Waals surface area contributed by atoms with Gasteiger partial charge in [0, 0.05) is 11.3 Å². The molecule has 1 aromatic rings. The molecule has 0 spiro atoms. The zero-order valence-electron chi connectivity index (χ0n) is 12.9. The van der Waals surface area contributed by atoms with E-state index in [1.165, 1.54) is 14.2 Å². The summed E-state index contributed by atoms with van der Waals surface area (Å²) in [6.07, 6.45) is 1.56. The number of aryl methyl sites for hydroxylation is 2. The van der Waals surface area contributed by atoms with Crippen LogP contribution in [-0.4, -0.2) is 31.7 Å². The largest absolute Gasteiger partial charge is 0.467 e. The summed E-state index contributed by atoms with van der Waals surface area (Å²) in [5.41, 5.74) is 2.73. The smallest absolute Gasteiger partial charge is 0.338 e. The van der Waals surface area contributed by atoms with E-state index in [0.717, 1.165) is 22.4 Å². The van der Waals surface area contributed by atoms with Gasteiger partial charge in [-0.25, -0.2) is 9.59 Å². The number of methoxy groups -OCH3 is 2. The van der Waals surface area contributed by atoms with Gasteiger partial charge in [-0.3, -0.25) is 0 Å². The topological polar surface area (TPSA) is 64.6 Å². The van der Waals surface area contributed by atoms with Gasteiger partial charge >= 0.3 is 11.9 Å². The summed E-state index contributed by atoms with van der Waals surface area (Å²) < 4.78 is 9.68. The van der Waals surface area contributed by atoms with Gasteiger partial charge in [0.05, 0.1) is 19.8 Å². The molecule has 1 aliphatic rings. The summed E-state index contributed by atoms with van der Waals surface area (Å²) in [4.78, 5) is 24.1. The number of rotatable bonds is 2. The first-order valence-electron chi connectivity index (χ1n) is 6.62. The molecule has 1 atom stereocenters. The Morgan fingerprint density at radius 2 is 1.81 bits per heavy atom. The van der Waals surface area contributed by atoms with Gasteiger partial charge in [-0.15, -0.1) is 0 Å². The zero-order chi connectivity index (χ0) is 15.8. The Hall–Kier alpha value is -2.30. The van der Waals surface area contributed by atoms with Crippen molar-refractivity contribution in [2.75, 3.05) is 19.5 Å². The van der Waals surface area contributed by atoms with E-state index >= 15 is 0 Å². The number of nitrogens with one attached hydrogen (secondary N) is 1. The molecule has 112 valence electrons. The number of anilines is 1. The van der Waals surface area contributed by atoms with E-state index in [4.69, 9.17) is 9.47 Å². The van der Waals surface area contributed by atoms with Crippen LogP contribution < -0.4 is 5.32 Å². The van der Waals surface area contributed by atoms with E-state index in [-0.39, 0.29) is 0 Å². The lowest BCUT2D eigenvalue weighted by Gasteiger charge is -2.33. The summed E-state index contributed by atoms with van der Waals surface area (Å²) in [5, 5.41) is 3.17. The third-order valence-corrected chi connectivity index (χ3v) is 3.60. The van der Waals surface area contributed by atoms with Crippen molar-refractivity contribution in [1.82, 2.24) is 0 Å². The Morgan fingerprint density at radius 3 is 2.38 bits per heavy atom. The highest BCUT2D eigenvalue weighted by Gasteiger charge is 2.39. The van der Waals surface area contributed by atoms with Crippen molar-refractivity contribution in [3.05, 3.63) is 34.9 Å². The third kappa shape index (κ3) is 2.51. The minimum absolute atomic E-state index is 0.367. The molecule has 1 N–H and O–H groups in total. The quantitative estimate of drug-likeness (QED) is 0.846. The van der Waals surface area contributed by atoms with E-state index in [9.17, 15) is 9.59 Å². The maximum absolute atomic E-state index is 12.1. The van der Waals surface area contributed by atoms with E-state index < -0.39 is 17.5 Å². The molecule has 1 aliphatic heterocycles. The van der Waals surface area contributed by atoms with Crippen LogP contribution in [0.4, 0.5) is 5.69 Å². The van der Waals surface area contributed by atoms with Crippen LogP contribution in [0, 0.1) is 13.8 Å². The maximum Gasteiger partial charge on any atom is 0.338 e. The number of carbonyl (C=O) groups excluding carboxylic acids is 2. The Morgan fingerprint density at radius 1 is 1.14 bits per heavy atom. The minimum atomic E-state index is -1.11. The second kappa shape index (κ2) is 5.24. The van der Waals surface area contributed by atoms with Crippen molar-refractivity contribution in [3.8, 4) is 0 Å². The molecule has 1 aromatic carbocycles. The lowest BCUT2D eigenvalue weighted by molar-refractivity contribution is -0.143. The first-order chi connectivity index (χ1) is 9.82. The SMILES string of the molecule is COC(=O)C1=CC(C)(C(=O)OC)Nc2c(C)cc(C)cc21. The number of ether oxygens (including phenoxy) is 2. The fourth-order valence-corrected chi connectivity index (χ4v) is 2.61. The van der Waals surface area contributed by atoms with Gasteiger partial charge in [-0.2, -0.15) is 0 Å². The molecule has 1 unspecified atom stereocenters. The van der Waals surface area contributed by atoms with Crippen molar-refractivity contribution in [2.24, 2.45) is 0 Å². The predicted octanol–water partition coefficient (Wildman–Crippen LogP) is 2.22. The van der Waals surface area contributed by atoms with Crippen molar-refractivity contribution in [1.29, 1.82) is 0 Å². The van der Waals surface area contributed by atoms with Crippen LogP contribution in [-0.2, 0) is 19.1 Å². The van der Waals surface area contributed by atoms with E-state index in [1.807, 2.05) is 26.0 Å². The van der Waals surface area contributed by atoms with Crippen LogP contribution in [0.5, 0.6) is 0 Å². The van der Waals surface area contributed by atoms with Crippen molar-refractivity contribution < 1.29 is 19.1 Å². The summed E-state index contributed by atoms with van der Waals surface area (Å²) in [6, 6.07) is 3.89. The third-order valence-electron chi connectivity index (χ3n) is 3.60. The van der Waals surface area contributed by atoms with Gasteiger partial charge in [0.1, 0.15) is 0 Å². The molecule has 0 aromatic heterocycles. The summed E-state index contributed by atoms with van der Waals surface area (Å²) in [5.74, 6) is -0.938. The first-order valence-corrected chi connectivity index (χ1v) is 6.62. The van der Waals surface area contributed by atoms with Gasteiger partial charge in [0.2, 0.25) is 0 Å². The highest BCUT2D eigenvalue weighted by molar-refractivity contribution is 6.20. The van der Waals surface area contributed by atoms with Crippen molar-refractivity contribution in [3.63, 3.8) is 0 Å². The number of carbonyl (C=O) groups is 2. The summed E-state index contributed by atoms with van der Waals surface area (Å²) in [7, 11) is 2.64. The standard InChI is InChI=1S/C16H19NO4/c1-9-6-10(2)13-11(7-9)12(14(18)20-4)8-16(3,17-13)15(19)21-5/h6-8,17H,1-5H3. The van der Waals surface area contributed by atoms with E-state index in [0.29, 0.717) is 5.57 Å². The van der Waals surface area contributed by atoms with Crippen LogP contribution in [0.15, 0.2) is 18.2 Å². The van der Waals surface area contributed by atoms with Crippen LogP contribution >= 0.6 is 0 Å². The molecule has 0 saturated carbocycles. The highest BCUT2D eigenvalue weighted by Crippen LogP contribution is 2.37. The number of hydrogen-bond acceptors (Lipinski definition) is 5. The average Bonchev–Trinajstić information content (AvgIpc) is 2.45. The van der Waals surface area contributed by atoms with Gasteiger partial charge in [0.25, 0.3) is 0 Å². The summed E-state index contributed by atoms with van der Waals surface area (Å²) >= 11 is 0. The molecule has 0 radical (unpaired) electrons. The summed E-state index contributed by atoms with van der Waals surface area (Å²) in [6.45, 7) is 5.55. The van der Waals surface area contributed by atoms with Crippen molar-refractivity contribution >= 4 is 23.2 Å². The monoisotopic (exact) mass is 289 g/mol. The molecule has 5 nitrogen and oxygen atoms in total. The molecule has 1 heterocycles. The van der Waals surface area contributed by atoms with Gasteiger partial charge in [0.15, 0.2) is 5.54 Å². The van der Waals surface area contributed by atoms with Crippen LogP contribution in [0.3, 0.4) is 0 Å². The molecule has 2 rings (SSSR count). The molecule has 0 fully saturated rings. The lowest BCUT2D eigenvalue weighted by atomic mass is 9.86. The number of hydrogen-bond donors (Lipinski definition) is 1. The van der Waals surface area contributed by atoms with Gasteiger partial charge in [-0.05, 0) is 38.5 Å². The average molecular weight is 289 g/mol. The van der Waals surface area contributed by atoms with Crippen LogP contribution in [0.1, 0.15) is 23.6 Å². The van der Waals surface area contributed by atoms with Gasteiger partial charge < -0.3 is 14.8 Å². The molecule has 0 bridgehead atoms. The maximum atomic E-state index is 12.1. The zero-order valence-corrected chi connectivity index (χ0v) is 12.9. The predicted molar refractivity (Wildman–Crippen MR) is 80.0 cm³/mol. The molecule has 0 aliphatic carbocycles. The molecule has 5 heteroatoms. The lowest BCUT2D eigenvalue weighted by Crippen LogP contribution is -2.45. The Bertz CT molecular complexity index is 648. The molecular weight excluding hydrogens is 270 g/mol. The fourth-order valence-electron chi connectivity index (χ4n) is 2.61.